The fourth-order valence-electron chi connectivity index (χ4n) is 1.04. The van der Waals surface area contributed by atoms with Crippen LogP contribution in [-0.4, -0.2) is 30.4 Å². The molecule has 1 aromatic carbocycles. The molecule has 0 aliphatic rings. The summed E-state index contributed by atoms with van der Waals surface area (Å²) >= 11 is 11.6. The van der Waals surface area contributed by atoms with Crippen LogP contribution in [0.4, 0.5) is 0 Å². The van der Waals surface area contributed by atoms with E-state index in [9.17, 15) is 4.79 Å². The van der Waals surface area contributed by atoms with Crippen LogP contribution in [-0.2, 0) is 9.53 Å². The van der Waals surface area contributed by atoms with E-state index < -0.39 is 12.1 Å². The summed E-state index contributed by atoms with van der Waals surface area (Å²) < 4.78 is 10.3. The summed E-state index contributed by atoms with van der Waals surface area (Å²) in [7, 11) is 0. The molecule has 0 aromatic heterocycles. The van der Waals surface area contributed by atoms with Crippen molar-refractivity contribution >= 4 is 29.2 Å². The first-order valence-corrected chi connectivity index (χ1v) is 5.68. The van der Waals surface area contributed by atoms with Crippen LogP contribution in [0.5, 0.6) is 5.75 Å². The highest BCUT2D eigenvalue weighted by atomic mass is 35.5. The molecule has 0 bridgehead atoms. The molecule has 1 rings (SSSR count). The summed E-state index contributed by atoms with van der Waals surface area (Å²) in [5.74, 6) is -0.517. The Labute approximate surface area is 109 Å². The van der Waals surface area contributed by atoms with Crippen molar-refractivity contribution in [3.05, 3.63) is 28.2 Å². The lowest BCUT2D eigenvalue weighted by atomic mass is 10.3. The van der Waals surface area contributed by atoms with Crippen molar-refractivity contribution < 1.29 is 19.4 Å². The molecular weight excluding hydrogens is 267 g/mol. The van der Waals surface area contributed by atoms with Gasteiger partial charge in [-0.1, -0.05) is 23.2 Å². The summed E-state index contributed by atoms with van der Waals surface area (Å²) in [5, 5.41) is 9.50. The molecule has 0 radical (unpaired) electrons. The third-order valence-electron chi connectivity index (χ3n) is 1.95. The zero-order valence-electron chi connectivity index (χ0n) is 9.15. The van der Waals surface area contributed by atoms with Crippen LogP contribution in [0.1, 0.15) is 6.92 Å². The van der Waals surface area contributed by atoms with Crippen LogP contribution in [0.15, 0.2) is 18.2 Å². The fourth-order valence-corrected chi connectivity index (χ4v) is 1.50. The van der Waals surface area contributed by atoms with Crippen molar-refractivity contribution in [1.29, 1.82) is 0 Å². The Bertz CT molecular complexity index is 395. The minimum atomic E-state index is -1.01. The van der Waals surface area contributed by atoms with Gasteiger partial charge in [0.05, 0.1) is 11.6 Å². The molecule has 6 heteroatoms. The van der Waals surface area contributed by atoms with E-state index in [0.29, 0.717) is 15.8 Å². The van der Waals surface area contributed by atoms with Gasteiger partial charge in [0.2, 0.25) is 0 Å². The Balaban J connectivity index is 2.34. The second-order valence-electron chi connectivity index (χ2n) is 3.27. The number of halogens is 2. The van der Waals surface area contributed by atoms with Crippen LogP contribution >= 0.6 is 23.2 Å². The predicted octanol–water partition coefficient (Wildman–Crippen LogP) is 2.86. The topological polar surface area (TPSA) is 55.8 Å². The van der Waals surface area contributed by atoms with Crippen LogP contribution in [0, 0.1) is 0 Å². The molecule has 94 valence electrons. The molecule has 17 heavy (non-hydrogen) atoms. The highest BCUT2D eigenvalue weighted by Gasteiger charge is 2.10. The number of carbonyl (C=O) groups is 1. The van der Waals surface area contributed by atoms with E-state index in [-0.39, 0.29) is 13.2 Å². The molecule has 0 aliphatic carbocycles. The Morgan fingerprint density at radius 1 is 1.41 bits per heavy atom. The summed E-state index contributed by atoms with van der Waals surface area (Å²) in [6.07, 6.45) is -0.848. The lowest BCUT2D eigenvalue weighted by molar-refractivity contribution is -0.149. The molecule has 0 saturated carbocycles. The van der Waals surface area contributed by atoms with Gasteiger partial charge in [-0.3, -0.25) is 0 Å². The van der Waals surface area contributed by atoms with Crippen molar-refractivity contribution in [2.45, 2.75) is 13.0 Å². The second-order valence-corrected chi connectivity index (χ2v) is 4.12. The maximum absolute atomic E-state index is 10.5. The highest BCUT2D eigenvalue weighted by molar-refractivity contribution is 6.35. The van der Waals surface area contributed by atoms with Crippen molar-refractivity contribution in [1.82, 2.24) is 0 Å². The molecule has 0 aliphatic heterocycles. The molecule has 0 saturated heterocycles. The summed E-state index contributed by atoms with van der Waals surface area (Å²) in [5.41, 5.74) is 0. The summed E-state index contributed by atoms with van der Waals surface area (Å²) in [6.45, 7) is 1.85. The van der Waals surface area contributed by atoms with Crippen molar-refractivity contribution in [3.63, 3.8) is 0 Å². The molecule has 0 amide bonds. The van der Waals surface area contributed by atoms with Crippen molar-refractivity contribution in [2.24, 2.45) is 0 Å². The Morgan fingerprint density at radius 3 is 2.71 bits per heavy atom. The zero-order valence-corrected chi connectivity index (χ0v) is 10.7. The van der Waals surface area contributed by atoms with Crippen LogP contribution in [0.2, 0.25) is 10.0 Å². The first kappa shape index (κ1) is 14.1. The molecule has 0 unspecified atom stereocenters. The molecule has 0 spiro atoms. The van der Waals surface area contributed by atoms with Gasteiger partial charge in [-0.15, -0.1) is 0 Å². The van der Waals surface area contributed by atoms with E-state index in [1.165, 1.54) is 6.92 Å². The molecule has 1 N–H and O–H groups in total. The number of rotatable bonds is 6. The highest BCUT2D eigenvalue weighted by Crippen LogP contribution is 2.27. The zero-order chi connectivity index (χ0) is 12.8. The third-order valence-corrected chi connectivity index (χ3v) is 2.48. The number of carboxylic acid groups (broad SMARTS) is 1. The number of hydrogen-bond acceptors (Lipinski definition) is 3. The molecule has 1 atom stereocenters. The van der Waals surface area contributed by atoms with E-state index in [2.05, 4.69) is 0 Å². The second kappa shape index (κ2) is 6.69. The van der Waals surface area contributed by atoms with E-state index in [4.69, 9.17) is 37.8 Å². The number of hydrogen-bond donors (Lipinski definition) is 1. The first-order valence-electron chi connectivity index (χ1n) is 4.93. The van der Waals surface area contributed by atoms with Gasteiger partial charge in [0.1, 0.15) is 12.4 Å². The Hall–Kier alpha value is -0.970. The minimum Gasteiger partial charge on any atom is -0.490 e. The Kier molecular flexibility index (Phi) is 5.55. The van der Waals surface area contributed by atoms with Crippen molar-refractivity contribution in [3.8, 4) is 5.75 Å². The van der Waals surface area contributed by atoms with E-state index >= 15 is 0 Å². The predicted molar refractivity (Wildman–Crippen MR) is 65.0 cm³/mol. The van der Waals surface area contributed by atoms with Gasteiger partial charge in [-0.2, -0.15) is 0 Å². The number of benzene rings is 1. The van der Waals surface area contributed by atoms with E-state index in [1.54, 1.807) is 18.2 Å². The van der Waals surface area contributed by atoms with Gasteiger partial charge >= 0.3 is 5.97 Å². The van der Waals surface area contributed by atoms with Gasteiger partial charge in [-0.05, 0) is 25.1 Å². The average Bonchev–Trinajstić information content (AvgIpc) is 2.26. The number of ether oxygens (including phenoxy) is 2. The van der Waals surface area contributed by atoms with Gasteiger partial charge in [0.15, 0.2) is 6.10 Å². The minimum absolute atomic E-state index is 0.173. The maximum Gasteiger partial charge on any atom is 0.332 e. The Morgan fingerprint density at radius 2 is 2.12 bits per heavy atom. The van der Waals surface area contributed by atoms with E-state index in [1.807, 2.05) is 0 Å². The van der Waals surface area contributed by atoms with Gasteiger partial charge < -0.3 is 14.6 Å². The van der Waals surface area contributed by atoms with Crippen LogP contribution in [0.25, 0.3) is 0 Å². The SMILES string of the molecule is C[C@@H](OCCOc1ccc(Cl)cc1Cl)C(=O)O. The van der Waals surface area contributed by atoms with Gasteiger partial charge in [-0.25, -0.2) is 4.79 Å². The van der Waals surface area contributed by atoms with Crippen LogP contribution < -0.4 is 4.74 Å². The summed E-state index contributed by atoms with van der Waals surface area (Å²) in [6, 6.07) is 4.87. The first-order chi connectivity index (χ1) is 8.00. The summed E-state index contributed by atoms with van der Waals surface area (Å²) in [4.78, 5) is 10.5. The molecule has 0 heterocycles. The quantitative estimate of drug-likeness (QED) is 0.813. The maximum atomic E-state index is 10.5. The lowest BCUT2D eigenvalue weighted by Crippen LogP contribution is -2.22. The smallest absolute Gasteiger partial charge is 0.332 e. The largest absolute Gasteiger partial charge is 0.490 e. The lowest BCUT2D eigenvalue weighted by Gasteiger charge is -2.10. The monoisotopic (exact) mass is 278 g/mol. The average molecular weight is 279 g/mol. The van der Waals surface area contributed by atoms with Gasteiger partial charge in [0.25, 0.3) is 0 Å². The van der Waals surface area contributed by atoms with E-state index in [0.717, 1.165) is 0 Å². The normalized spacial score (nSPS) is 12.2. The van der Waals surface area contributed by atoms with Gasteiger partial charge in [0, 0.05) is 5.02 Å². The van der Waals surface area contributed by atoms with Crippen molar-refractivity contribution in [2.75, 3.05) is 13.2 Å². The molecule has 1 aromatic rings. The van der Waals surface area contributed by atoms with Crippen LogP contribution in [0.3, 0.4) is 0 Å². The standard InChI is InChI=1S/C11H12Cl2O4/c1-7(11(14)15)16-4-5-17-10-3-2-8(12)6-9(10)13/h2-3,6-7H,4-5H2,1H3,(H,14,15)/t7-/m1/s1. The number of carboxylic acids is 1. The molecule has 4 nitrogen and oxygen atoms in total. The molecular formula is C11H12Cl2O4. The molecule has 0 fully saturated rings. The third kappa shape index (κ3) is 4.81. The fraction of sp³-hybridized carbons (Fsp3) is 0.364. The number of aliphatic carboxylic acids is 1.